The summed E-state index contributed by atoms with van der Waals surface area (Å²) in [5, 5.41) is 0. The van der Waals surface area contributed by atoms with Gasteiger partial charge in [0.2, 0.25) is 0 Å². The lowest BCUT2D eigenvalue weighted by atomic mass is 10.1. The molecule has 0 atom stereocenters. The quantitative estimate of drug-likeness (QED) is 0.920. The van der Waals surface area contributed by atoms with Crippen LogP contribution in [-0.2, 0) is 0 Å². The highest BCUT2D eigenvalue weighted by Gasteiger charge is 2.08. The molecule has 0 amide bonds. The molecule has 0 unspecified atom stereocenters. The predicted molar refractivity (Wildman–Crippen MR) is 73.7 cm³/mol. The molecular weight excluding hydrogens is 278 g/mol. The summed E-state index contributed by atoms with van der Waals surface area (Å²) in [5.41, 5.74) is 7.87. The maximum Gasteiger partial charge on any atom is 0.135 e. The molecule has 0 saturated carbocycles. The number of anilines is 1. The first kappa shape index (κ1) is 12.0. The van der Waals surface area contributed by atoms with Gasteiger partial charge < -0.3 is 5.73 Å². The molecule has 2 aromatic rings. The molecule has 1 aromatic carbocycles. The van der Waals surface area contributed by atoms with E-state index >= 15 is 0 Å². The smallest absolute Gasteiger partial charge is 0.135 e. The molecule has 1 aromatic heterocycles. The Kier molecular flexibility index (Phi) is 3.43. The van der Waals surface area contributed by atoms with Crippen molar-refractivity contribution in [2.24, 2.45) is 0 Å². The Bertz CT molecular complexity index is 538. The summed E-state index contributed by atoms with van der Waals surface area (Å²) in [7, 11) is 0. The number of nitrogens with two attached hydrogens (primary N) is 1. The Balaban J connectivity index is 2.47. The van der Waals surface area contributed by atoms with E-state index in [2.05, 4.69) is 25.9 Å². The van der Waals surface area contributed by atoms with Crippen LogP contribution in [0.3, 0.4) is 0 Å². The minimum atomic E-state index is 0.286. The number of nitrogen functional groups attached to an aromatic ring is 1. The average Bonchev–Trinajstić information content (AvgIpc) is 2.28. The zero-order valence-corrected chi connectivity index (χ0v) is 11.4. The van der Waals surface area contributed by atoms with Gasteiger partial charge in [-0.3, -0.25) is 0 Å². The Hall–Kier alpha value is -1.42. The second kappa shape index (κ2) is 4.84. The van der Waals surface area contributed by atoms with Crippen molar-refractivity contribution in [3.63, 3.8) is 0 Å². The van der Waals surface area contributed by atoms with Crippen molar-refractivity contribution in [1.82, 2.24) is 9.97 Å². The summed E-state index contributed by atoms with van der Waals surface area (Å²) in [6.07, 6.45) is 1.79. The lowest BCUT2D eigenvalue weighted by molar-refractivity contribution is 0.777. The van der Waals surface area contributed by atoms with Crippen molar-refractivity contribution in [1.29, 1.82) is 0 Å². The van der Waals surface area contributed by atoms with Crippen LogP contribution in [0.25, 0.3) is 11.1 Å². The first-order chi connectivity index (χ1) is 8.08. The molecule has 4 heteroatoms. The van der Waals surface area contributed by atoms with Crippen molar-refractivity contribution < 1.29 is 0 Å². The summed E-state index contributed by atoms with van der Waals surface area (Å²) >= 11 is 3.44. The number of benzene rings is 1. The van der Waals surface area contributed by atoms with Crippen molar-refractivity contribution in [2.75, 3.05) is 5.73 Å². The highest BCUT2D eigenvalue weighted by atomic mass is 79.9. The summed E-state index contributed by atoms with van der Waals surface area (Å²) < 4.78 is 1.02. The van der Waals surface area contributed by atoms with Crippen molar-refractivity contribution >= 4 is 21.7 Å². The third kappa shape index (κ3) is 2.64. The Morgan fingerprint density at radius 2 is 2.06 bits per heavy atom. The summed E-state index contributed by atoms with van der Waals surface area (Å²) in [5.74, 6) is 1.59. The predicted octanol–water partition coefficient (Wildman–Crippen LogP) is 3.61. The van der Waals surface area contributed by atoms with Gasteiger partial charge in [0.05, 0.1) is 0 Å². The van der Waals surface area contributed by atoms with Gasteiger partial charge in [-0.2, -0.15) is 0 Å². The molecule has 0 aliphatic carbocycles. The van der Waals surface area contributed by atoms with Gasteiger partial charge in [0, 0.05) is 22.2 Å². The molecule has 0 saturated heterocycles. The number of hydrogen-bond donors (Lipinski definition) is 1. The largest absolute Gasteiger partial charge is 0.383 e. The maximum absolute atomic E-state index is 5.97. The van der Waals surface area contributed by atoms with E-state index < -0.39 is 0 Å². The number of nitrogens with zero attached hydrogens (tertiary/aromatic N) is 2. The van der Waals surface area contributed by atoms with Crippen LogP contribution in [0, 0.1) is 0 Å². The van der Waals surface area contributed by atoms with Crippen molar-refractivity contribution in [3.05, 3.63) is 40.8 Å². The minimum absolute atomic E-state index is 0.286. The maximum atomic E-state index is 5.97. The Morgan fingerprint density at radius 3 is 2.65 bits per heavy atom. The molecule has 0 fully saturated rings. The van der Waals surface area contributed by atoms with Crippen LogP contribution in [0.4, 0.5) is 5.82 Å². The highest BCUT2D eigenvalue weighted by Crippen LogP contribution is 2.27. The second-order valence-electron chi connectivity index (χ2n) is 4.19. The van der Waals surface area contributed by atoms with Gasteiger partial charge in [0.1, 0.15) is 11.6 Å². The fraction of sp³-hybridized carbons (Fsp3) is 0.231. The average molecular weight is 292 g/mol. The summed E-state index contributed by atoms with van der Waals surface area (Å²) in [6, 6.07) is 7.94. The molecule has 0 bridgehead atoms. The van der Waals surface area contributed by atoms with E-state index in [4.69, 9.17) is 5.73 Å². The molecule has 0 aliphatic rings. The number of hydrogen-bond acceptors (Lipinski definition) is 3. The van der Waals surface area contributed by atoms with Crippen LogP contribution in [-0.4, -0.2) is 9.97 Å². The van der Waals surface area contributed by atoms with Gasteiger partial charge in [0.25, 0.3) is 0 Å². The third-order valence-corrected chi connectivity index (χ3v) is 2.98. The number of halogens is 1. The molecule has 3 nitrogen and oxygen atoms in total. The van der Waals surface area contributed by atoms with Crippen molar-refractivity contribution in [3.8, 4) is 11.1 Å². The van der Waals surface area contributed by atoms with E-state index in [-0.39, 0.29) is 5.92 Å². The highest BCUT2D eigenvalue weighted by molar-refractivity contribution is 9.10. The van der Waals surface area contributed by atoms with E-state index in [1.807, 2.05) is 38.1 Å². The van der Waals surface area contributed by atoms with Crippen LogP contribution in [0.1, 0.15) is 25.6 Å². The Labute approximate surface area is 109 Å². The van der Waals surface area contributed by atoms with Crippen molar-refractivity contribution in [2.45, 2.75) is 19.8 Å². The second-order valence-corrected chi connectivity index (χ2v) is 5.11. The third-order valence-electron chi connectivity index (χ3n) is 2.49. The van der Waals surface area contributed by atoms with Crippen LogP contribution in [0.5, 0.6) is 0 Å². The summed E-state index contributed by atoms with van der Waals surface area (Å²) in [4.78, 5) is 8.67. The van der Waals surface area contributed by atoms with E-state index in [1.165, 1.54) is 0 Å². The topological polar surface area (TPSA) is 51.8 Å². The fourth-order valence-electron chi connectivity index (χ4n) is 1.57. The van der Waals surface area contributed by atoms with E-state index in [1.54, 1.807) is 6.20 Å². The molecule has 0 aliphatic heterocycles. The zero-order chi connectivity index (χ0) is 12.4. The number of rotatable bonds is 2. The minimum Gasteiger partial charge on any atom is -0.383 e. The van der Waals surface area contributed by atoms with Crippen LogP contribution < -0.4 is 5.73 Å². The molecule has 0 radical (unpaired) electrons. The lowest BCUT2D eigenvalue weighted by Gasteiger charge is -2.08. The molecule has 2 N–H and O–H groups in total. The zero-order valence-electron chi connectivity index (χ0n) is 9.81. The molecule has 2 rings (SSSR count). The SMILES string of the molecule is CC(C)c1ncc(-c2cccc(Br)c2)c(N)n1. The molecule has 17 heavy (non-hydrogen) atoms. The van der Waals surface area contributed by atoms with Gasteiger partial charge in [-0.1, -0.05) is 41.9 Å². The fourth-order valence-corrected chi connectivity index (χ4v) is 1.97. The standard InChI is InChI=1S/C13H14BrN3/c1-8(2)13-16-7-11(12(15)17-13)9-4-3-5-10(14)6-9/h3-8H,1-2H3,(H2,15,16,17). The number of aromatic nitrogens is 2. The van der Waals surface area contributed by atoms with Gasteiger partial charge in [-0.25, -0.2) is 9.97 Å². The Morgan fingerprint density at radius 1 is 1.29 bits per heavy atom. The van der Waals surface area contributed by atoms with Gasteiger partial charge in [-0.05, 0) is 17.7 Å². The summed E-state index contributed by atoms with van der Waals surface area (Å²) in [6.45, 7) is 4.10. The normalized spacial score (nSPS) is 10.8. The van der Waals surface area contributed by atoms with Gasteiger partial charge in [-0.15, -0.1) is 0 Å². The lowest BCUT2D eigenvalue weighted by Crippen LogP contribution is -2.02. The van der Waals surface area contributed by atoms with Crippen LogP contribution in [0.15, 0.2) is 34.9 Å². The van der Waals surface area contributed by atoms with Crippen LogP contribution >= 0.6 is 15.9 Å². The first-order valence-corrected chi connectivity index (χ1v) is 6.25. The molecular formula is C13H14BrN3. The monoisotopic (exact) mass is 291 g/mol. The van der Waals surface area contributed by atoms with E-state index in [0.717, 1.165) is 21.4 Å². The molecule has 1 heterocycles. The van der Waals surface area contributed by atoms with Crippen LogP contribution in [0.2, 0.25) is 0 Å². The van der Waals surface area contributed by atoms with Gasteiger partial charge in [0.15, 0.2) is 0 Å². The molecule has 0 spiro atoms. The molecule has 88 valence electrons. The first-order valence-electron chi connectivity index (χ1n) is 5.46. The van der Waals surface area contributed by atoms with Gasteiger partial charge >= 0.3 is 0 Å². The van der Waals surface area contributed by atoms with E-state index in [0.29, 0.717) is 5.82 Å². The van der Waals surface area contributed by atoms with E-state index in [9.17, 15) is 0 Å².